The Morgan fingerprint density at radius 3 is 2.67 bits per heavy atom. The molecule has 0 amide bonds. The fraction of sp³-hybridized carbons (Fsp3) is 0.211. The lowest BCUT2D eigenvalue weighted by atomic mass is 9.90. The molecule has 2 nitrogen and oxygen atoms in total. The van der Waals surface area contributed by atoms with E-state index in [9.17, 15) is 0 Å². The lowest BCUT2D eigenvalue weighted by Crippen LogP contribution is -2.35. The van der Waals surface area contributed by atoms with E-state index in [2.05, 4.69) is 41.8 Å². The van der Waals surface area contributed by atoms with E-state index < -0.39 is 0 Å². The Morgan fingerprint density at radius 2 is 1.95 bits per heavy atom. The first-order chi connectivity index (χ1) is 10.3. The van der Waals surface area contributed by atoms with Crippen molar-refractivity contribution in [3.8, 4) is 6.07 Å². The number of anilines is 1. The number of nitrogens with zero attached hydrogens (tertiary/aromatic N) is 2. The summed E-state index contributed by atoms with van der Waals surface area (Å²) in [5.74, 6) is 0. The summed E-state index contributed by atoms with van der Waals surface area (Å²) >= 11 is 0. The van der Waals surface area contributed by atoms with E-state index in [0.29, 0.717) is 11.6 Å². The molecule has 0 aromatic heterocycles. The van der Waals surface area contributed by atoms with Gasteiger partial charge in [-0.25, -0.2) is 0 Å². The molecule has 0 saturated heterocycles. The van der Waals surface area contributed by atoms with Crippen LogP contribution >= 0.6 is 0 Å². The Bertz CT molecular complexity index is 679. The van der Waals surface area contributed by atoms with Crippen molar-refractivity contribution in [3.63, 3.8) is 0 Å². The quantitative estimate of drug-likeness (QED) is 0.783. The molecule has 0 fully saturated rings. The maximum absolute atomic E-state index is 8.93. The molecule has 1 heterocycles. The fourth-order valence-corrected chi connectivity index (χ4v) is 3.10. The monoisotopic (exact) mass is 274 g/mol. The first kappa shape index (κ1) is 13.5. The second kappa shape index (κ2) is 5.85. The third kappa shape index (κ3) is 2.55. The predicted octanol–water partition coefficient (Wildman–Crippen LogP) is 4.24. The van der Waals surface area contributed by atoms with Gasteiger partial charge in [-0.1, -0.05) is 30.3 Å². The largest absolute Gasteiger partial charge is 0.364 e. The average Bonchev–Trinajstić information content (AvgIpc) is 2.55. The van der Waals surface area contributed by atoms with Crippen molar-refractivity contribution >= 4 is 5.69 Å². The zero-order valence-corrected chi connectivity index (χ0v) is 12.0. The molecule has 0 saturated carbocycles. The van der Waals surface area contributed by atoms with E-state index in [1.807, 2.05) is 30.3 Å². The van der Waals surface area contributed by atoms with Gasteiger partial charge >= 0.3 is 0 Å². The normalized spacial score (nSPS) is 16.9. The van der Waals surface area contributed by atoms with E-state index >= 15 is 0 Å². The Balaban J connectivity index is 1.98. The highest BCUT2D eigenvalue weighted by atomic mass is 15.2. The minimum Gasteiger partial charge on any atom is -0.364 e. The van der Waals surface area contributed by atoms with Gasteiger partial charge in [-0.15, -0.1) is 6.58 Å². The number of hydrogen-bond donors (Lipinski definition) is 0. The first-order valence-corrected chi connectivity index (χ1v) is 7.29. The number of benzene rings is 2. The smallest absolute Gasteiger partial charge is 0.0991 e. The van der Waals surface area contributed by atoms with Crippen molar-refractivity contribution in [1.29, 1.82) is 5.26 Å². The van der Waals surface area contributed by atoms with Crippen LogP contribution in [0.1, 0.15) is 29.2 Å². The zero-order valence-electron chi connectivity index (χ0n) is 12.0. The highest BCUT2D eigenvalue weighted by molar-refractivity contribution is 5.54. The van der Waals surface area contributed by atoms with Crippen molar-refractivity contribution in [3.05, 3.63) is 77.9 Å². The van der Waals surface area contributed by atoms with Gasteiger partial charge in [0.15, 0.2) is 0 Å². The fourth-order valence-electron chi connectivity index (χ4n) is 3.10. The molecule has 0 N–H and O–H groups in total. The second-order valence-electron chi connectivity index (χ2n) is 5.34. The van der Waals surface area contributed by atoms with Gasteiger partial charge in [0.1, 0.15) is 0 Å². The van der Waals surface area contributed by atoms with Gasteiger partial charge in [-0.2, -0.15) is 5.26 Å². The molecule has 1 atom stereocenters. The summed E-state index contributed by atoms with van der Waals surface area (Å²) in [5, 5.41) is 8.93. The predicted molar refractivity (Wildman–Crippen MR) is 86.2 cm³/mol. The lowest BCUT2D eigenvalue weighted by Gasteiger charge is -2.38. The minimum absolute atomic E-state index is 0.334. The van der Waals surface area contributed by atoms with Crippen LogP contribution in [0.25, 0.3) is 0 Å². The van der Waals surface area contributed by atoms with Crippen LogP contribution in [0.5, 0.6) is 0 Å². The Hall–Kier alpha value is -2.53. The molecule has 0 bridgehead atoms. The summed E-state index contributed by atoms with van der Waals surface area (Å²) in [6.45, 7) is 4.91. The molecule has 104 valence electrons. The molecular formula is C19H18N2. The van der Waals surface area contributed by atoms with Crippen molar-refractivity contribution in [2.75, 3.05) is 11.4 Å². The van der Waals surface area contributed by atoms with Crippen LogP contribution in [0.15, 0.2) is 61.2 Å². The van der Waals surface area contributed by atoms with Crippen LogP contribution in [0.2, 0.25) is 0 Å². The van der Waals surface area contributed by atoms with Crippen LogP contribution in [0.3, 0.4) is 0 Å². The van der Waals surface area contributed by atoms with Gasteiger partial charge in [0, 0.05) is 12.2 Å². The number of nitriles is 1. The molecule has 21 heavy (non-hydrogen) atoms. The molecular weight excluding hydrogens is 256 g/mol. The van der Waals surface area contributed by atoms with Gasteiger partial charge in [0.25, 0.3) is 0 Å². The third-order valence-electron chi connectivity index (χ3n) is 4.13. The van der Waals surface area contributed by atoms with Crippen molar-refractivity contribution in [1.82, 2.24) is 0 Å². The van der Waals surface area contributed by atoms with Crippen LogP contribution in [-0.2, 0) is 6.42 Å². The van der Waals surface area contributed by atoms with E-state index in [1.165, 1.54) is 16.8 Å². The van der Waals surface area contributed by atoms with Crippen molar-refractivity contribution in [2.45, 2.75) is 18.9 Å². The Labute approximate surface area is 126 Å². The molecule has 2 aromatic carbocycles. The summed E-state index contributed by atoms with van der Waals surface area (Å²) in [4.78, 5) is 2.42. The third-order valence-corrected chi connectivity index (χ3v) is 4.13. The van der Waals surface area contributed by atoms with Crippen molar-refractivity contribution in [2.24, 2.45) is 0 Å². The van der Waals surface area contributed by atoms with Crippen LogP contribution in [0, 0.1) is 11.3 Å². The maximum atomic E-state index is 8.93. The zero-order chi connectivity index (χ0) is 14.7. The van der Waals surface area contributed by atoms with Gasteiger partial charge in [0.2, 0.25) is 0 Å². The Kier molecular flexibility index (Phi) is 3.75. The van der Waals surface area contributed by atoms with Gasteiger partial charge in [0.05, 0.1) is 17.7 Å². The highest BCUT2D eigenvalue weighted by Crippen LogP contribution is 2.35. The van der Waals surface area contributed by atoms with E-state index in [4.69, 9.17) is 5.26 Å². The molecule has 3 rings (SSSR count). The van der Waals surface area contributed by atoms with E-state index in [-0.39, 0.29) is 0 Å². The lowest BCUT2D eigenvalue weighted by molar-refractivity contribution is 0.588. The molecule has 1 aliphatic rings. The molecule has 0 aliphatic carbocycles. The number of rotatable bonds is 3. The molecule has 2 heteroatoms. The number of hydrogen-bond acceptors (Lipinski definition) is 2. The Morgan fingerprint density at radius 1 is 1.19 bits per heavy atom. The van der Waals surface area contributed by atoms with Gasteiger partial charge < -0.3 is 4.90 Å². The SMILES string of the molecule is C=CCC1c2ccccc2CCN1c1ccc(C#N)cc1. The maximum Gasteiger partial charge on any atom is 0.0991 e. The number of fused-ring (bicyclic) bond motifs is 1. The highest BCUT2D eigenvalue weighted by Gasteiger charge is 2.26. The summed E-state index contributed by atoms with van der Waals surface area (Å²) < 4.78 is 0. The summed E-state index contributed by atoms with van der Waals surface area (Å²) in [5.41, 5.74) is 4.72. The van der Waals surface area contributed by atoms with Gasteiger partial charge in [-0.05, 0) is 48.2 Å². The van der Waals surface area contributed by atoms with Crippen molar-refractivity contribution < 1.29 is 0 Å². The molecule has 1 aliphatic heterocycles. The first-order valence-electron chi connectivity index (χ1n) is 7.29. The molecule has 1 unspecified atom stereocenters. The summed E-state index contributed by atoms with van der Waals surface area (Å²) in [6.07, 6.45) is 3.98. The van der Waals surface area contributed by atoms with Crippen LogP contribution in [-0.4, -0.2) is 6.54 Å². The molecule has 2 aromatic rings. The van der Waals surface area contributed by atoms with Crippen LogP contribution < -0.4 is 4.90 Å². The topological polar surface area (TPSA) is 27.0 Å². The van der Waals surface area contributed by atoms with E-state index in [0.717, 1.165) is 19.4 Å². The molecule has 0 spiro atoms. The van der Waals surface area contributed by atoms with E-state index in [1.54, 1.807) is 0 Å². The summed E-state index contributed by atoms with van der Waals surface area (Å²) in [6, 6.07) is 19.0. The second-order valence-corrected chi connectivity index (χ2v) is 5.34. The minimum atomic E-state index is 0.334. The standard InChI is InChI=1S/C19H18N2/c1-2-5-19-18-7-4-3-6-16(18)12-13-21(19)17-10-8-15(14-20)9-11-17/h2-4,6-11,19H,1,5,12-13H2. The van der Waals surface area contributed by atoms with Gasteiger partial charge in [-0.3, -0.25) is 0 Å². The average molecular weight is 274 g/mol. The van der Waals surface area contributed by atoms with Crippen LogP contribution in [0.4, 0.5) is 5.69 Å². The molecule has 0 radical (unpaired) electrons. The summed E-state index contributed by atoms with van der Waals surface area (Å²) in [7, 11) is 0.